The molecule has 0 aliphatic carbocycles. The van der Waals surface area contributed by atoms with E-state index in [0.717, 1.165) is 0 Å². The molecule has 19 heavy (non-hydrogen) atoms. The number of anilines is 1. The summed E-state index contributed by atoms with van der Waals surface area (Å²) < 4.78 is 16.6. The minimum absolute atomic E-state index is 0.310. The normalized spacial score (nSPS) is 13.3. The van der Waals surface area contributed by atoms with Gasteiger partial charge < -0.3 is 10.1 Å². The Morgan fingerprint density at radius 1 is 1.53 bits per heavy atom. The van der Waals surface area contributed by atoms with Gasteiger partial charge in [-0.3, -0.25) is 9.00 Å². The van der Waals surface area contributed by atoms with E-state index in [4.69, 9.17) is 10.00 Å². The lowest BCUT2D eigenvalue weighted by molar-refractivity contribution is -0.115. The summed E-state index contributed by atoms with van der Waals surface area (Å²) in [5.41, 5.74) is 0.816. The molecule has 0 bridgehead atoms. The first-order valence-corrected chi connectivity index (χ1v) is 7.14. The van der Waals surface area contributed by atoms with Crippen LogP contribution in [0.25, 0.3) is 0 Å². The van der Waals surface area contributed by atoms with E-state index in [1.165, 1.54) is 7.11 Å². The molecular formula is C13H16N2O3S. The highest BCUT2D eigenvalue weighted by Crippen LogP contribution is 2.14. The van der Waals surface area contributed by atoms with Crippen molar-refractivity contribution in [3.63, 3.8) is 0 Å². The number of hydrogen-bond acceptors (Lipinski definition) is 4. The molecule has 2 atom stereocenters. The molecule has 1 aromatic carbocycles. The number of carbonyl (C=O) groups excluding carboxylic acids is 1. The maximum absolute atomic E-state index is 11.9. The number of benzene rings is 1. The third-order valence-electron chi connectivity index (χ3n) is 2.56. The summed E-state index contributed by atoms with van der Waals surface area (Å²) in [6, 6.07) is 8.69. The zero-order valence-electron chi connectivity index (χ0n) is 10.9. The maximum atomic E-state index is 11.9. The molecule has 0 heterocycles. The van der Waals surface area contributed by atoms with Crippen molar-refractivity contribution in [2.45, 2.75) is 12.2 Å². The lowest BCUT2D eigenvalue weighted by Crippen LogP contribution is -2.31. The van der Waals surface area contributed by atoms with Crippen LogP contribution in [0, 0.1) is 11.3 Å². The van der Waals surface area contributed by atoms with Crippen molar-refractivity contribution in [2.75, 3.05) is 24.8 Å². The third kappa shape index (κ3) is 4.47. The third-order valence-corrected chi connectivity index (χ3v) is 4.13. The van der Waals surface area contributed by atoms with E-state index in [-0.39, 0.29) is 5.91 Å². The summed E-state index contributed by atoms with van der Waals surface area (Å²) in [5, 5.41) is 10.9. The molecule has 0 aliphatic rings. The minimum atomic E-state index is -1.30. The second-order valence-corrected chi connectivity index (χ2v) is 5.74. The fraction of sp³-hybridized carbons (Fsp3) is 0.385. The van der Waals surface area contributed by atoms with Gasteiger partial charge in [-0.1, -0.05) is 12.1 Å². The van der Waals surface area contributed by atoms with E-state index >= 15 is 0 Å². The van der Waals surface area contributed by atoms with Gasteiger partial charge in [-0.2, -0.15) is 5.26 Å². The molecule has 1 amide bonds. The first-order valence-electron chi connectivity index (χ1n) is 5.76. The molecule has 0 radical (unpaired) electrons. The maximum Gasteiger partial charge on any atom is 0.239 e. The average molecular weight is 280 g/mol. The summed E-state index contributed by atoms with van der Waals surface area (Å²) in [4.78, 5) is 11.9. The summed E-state index contributed by atoms with van der Waals surface area (Å²) in [7, 11) is 0.222. The number of amides is 1. The van der Waals surface area contributed by atoms with E-state index in [0.29, 0.717) is 23.6 Å². The lowest BCUT2D eigenvalue weighted by Gasteiger charge is -2.12. The Hall–Kier alpha value is -1.71. The molecule has 5 nitrogen and oxygen atoms in total. The van der Waals surface area contributed by atoms with E-state index in [1.54, 1.807) is 31.2 Å². The van der Waals surface area contributed by atoms with E-state index in [9.17, 15) is 9.00 Å². The number of nitriles is 1. The molecule has 0 fully saturated rings. The second kappa shape index (κ2) is 7.67. The predicted molar refractivity (Wildman–Crippen MR) is 74.1 cm³/mol. The summed E-state index contributed by atoms with van der Waals surface area (Å²) in [5.74, 6) is -0.0533. The van der Waals surface area contributed by atoms with Crippen LogP contribution in [0.2, 0.25) is 0 Å². The van der Waals surface area contributed by atoms with Crippen LogP contribution in [0.15, 0.2) is 24.3 Å². The highest BCUT2D eigenvalue weighted by molar-refractivity contribution is 7.86. The van der Waals surface area contributed by atoms with E-state index in [2.05, 4.69) is 5.32 Å². The number of hydrogen-bond donors (Lipinski definition) is 1. The number of nitrogens with one attached hydrogen (secondary N) is 1. The highest BCUT2D eigenvalue weighted by Gasteiger charge is 2.20. The van der Waals surface area contributed by atoms with Gasteiger partial charge in [0.05, 0.1) is 17.9 Å². The van der Waals surface area contributed by atoms with Crippen molar-refractivity contribution in [1.29, 1.82) is 5.26 Å². The number of rotatable bonds is 6. The average Bonchev–Trinajstić information content (AvgIpc) is 2.44. The van der Waals surface area contributed by atoms with Gasteiger partial charge in [-0.25, -0.2) is 0 Å². The summed E-state index contributed by atoms with van der Waals surface area (Å²) in [6.07, 6.45) is 0. The molecule has 0 saturated carbocycles. The monoisotopic (exact) mass is 280 g/mol. The summed E-state index contributed by atoms with van der Waals surface area (Å²) >= 11 is 0. The number of ether oxygens (including phenoxy) is 1. The molecule has 1 aromatic rings. The van der Waals surface area contributed by atoms with Crippen LogP contribution in [0.5, 0.6) is 0 Å². The fourth-order valence-corrected chi connectivity index (χ4v) is 2.37. The first-order chi connectivity index (χ1) is 9.10. The van der Waals surface area contributed by atoms with Gasteiger partial charge in [0.15, 0.2) is 0 Å². The standard InChI is InChI=1S/C13H16N2O3S/c1-10(19(17)8-7-18-2)13(16)15-12-6-4-3-5-11(12)9-14/h3-6,10H,7-8H2,1-2H3,(H,15,16). The Bertz CT molecular complexity index is 511. The zero-order valence-corrected chi connectivity index (χ0v) is 11.7. The topological polar surface area (TPSA) is 79.2 Å². The van der Waals surface area contributed by atoms with Crippen LogP contribution >= 0.6 is 0 Å². The van der Waals surface area contributed by atoms with Gasteiger partial charge in [-0.05, 0) is 19.1 Å². The molecule has 1 N–H and O–H groups in total. The number of methoxy groups -OCH3 is 1. The molecular weight excluding hydrogens is 264 g/mol. The molecule has 6 heteroatoms. The lowest BCUT2D eigenvalue weighted by atomic mass is 10.2. The van der Waals surface area contributed by atoms with Crippen molar-refractivity contribution >= 4 is 22.4 Å². The van der Waals surface area contributed by atoms with Crippen molar-refractivity contribution < 1.29 is 13.7 Å². The molecule has 0 aromatic heterocycles. The molecule has 102 valence electrons. The Labute approximate surface area is 115 Å². The van der Waals surface area contributed by atoms with Crippen LogP contribution in [0.1, 0.15) is 12.5 Å². The van der Waals surface area contributed by atoms with Gasteiger partial charge in [0.25, 0.3) is 0 Å². The van der Waals surface area contributed by atoms with Gasteiger partial charge in [0, 0.05) is 23.7 Å². The smallest absolute Gasteiger partial charge is 0.239 e. The fourth-order valence-electron chi connectivity index (χ4n) is 1.39. The molecule has 0 saturated heterocycles. The zero-order chi connectivity index (χ0) is 14.3. The van der Waals surface area contributed by atoms with Crippen LogP contribution < -0.4 is 5.32 Å². The van der Waals surface area contributed by atoms with Crippen LogP contribution in [0.4, 0.5) is 5.69 Å². The SMILES string of the molecule is COCCS(=O)C(C)C(=O)Nc1ccccc1C#N. The summed E-state index contributed by atoms with van der Waals surface area (Å²) in [6.45, 7) is 1.94. The number of nitrogens with zero attached hydrogens (tertiary/aromatic N) is 1. The quantitative estimate of drug-likeness (QED) is 0.851. The van der Waals surface area contributed by atoms with Crippen molar-refractivity contribution in [3.05, 3.63) is 29.8 Å². The minimum Gasteiger partial charge on any atom is -0.384 e. The van der Waals surface area contributed by atoms with Gasteiger partial charge >= 0.3 is 0 Å². The van der Waals surface area contributed by atoms with Crippen molar-refractivity contribution in [2.24, 2.45) is 0 Å². The highest BCUT2D eigenvalue weighted by atomic mass is 32.2. The molecule has 2 unspecified atom stereocenters. The largest absolute Gasteiger partial charge is 0.384 e. The second-order valence-electron chi connectivity index (χ2n) is 3.87. The molecule has 0 aliphatic heterocycles. The van der Waals surface area contributed by atoms with Crippen LogP contribution in [0.3, 0.4) is 0 Å². The van der Waals surface area contributed by atoms with Crippen LogP contribution in [-0.2, 0) is 20.3 Å². The van der Waals surface area contributed by atoms with E-state index < -0.39 is 16.0 Å². The molecule has 0 spiro atoms. The van der Waals surface area contributed by atoms with Crippen LogP contribution in [-0.4, -0.2) is 34.8 Å². The Morgan fingerprint density at radius 3 is 2.84 bits per heavy atom. The van der Waals surface area contributed by atoms with Gasteiger partial charge in [0.2, 0.25) is 5.91 Å². The predicted octanol–water partition coefficient (Wildman–Crippen LogP) is 1.28. The Balaban J connectivity index is 2.69. The number of carbonyl (C=O) groups is 1. The molecule has 1 rings (SSSR count). The van der Waals surface area contributed by atoms with Gasteiger partial charge in [-0.15, -0.1) is 0 Å². The van der Waals surface area contributed by atoms with Crippen molar-refractivity contribution in [1.82, 2.24) is 0 Å². The Kier molecular flexibility index (Phi) is 6.19. The Morgan fingerprint density at radius 2 is 2.21 bits per heavy atom. The first kappa shape index (κ1) is 15.3. The van der Waals surface area contributed by atoms with E-state index in [1.807, 2.05) is 6.07 Å². The van der Waals surface area contributed by atoms with Gasteiger partial charge in [0.1, 0.15) is 11.3 Å². The number of para-hydroxylation sites is 1. The van der Waals surface area contributed by atoms with Crippen molar-refractivity contribution in [3.8, 4) is 6.07 Å².